The molecule has 0 radical (unpaired) electrons. The van der Waals surface area contributed by atoms with Crippen molar-refractivity contribution in [3.8, 4) is 0 Å². The van der Waals surface area contributed by atoms with Crippen LogP contribution in [0.2, 0.25) is 0 Å². The molecular weight excluding hydrogens is 680 g/mol. The van der Waals surface area contributed by atoms with Crippen LogP contribution in [0.4, 0.5) is 0 Å². The zero-order valence-electron chi connectivity index (χ0n) is 31.2. The van der Waals surface area contributed by atoms with Crippen LogP contribution in [0, 0.1) is 50.7 Å². The fraction of sp³-hybridized carbons (Fsp3) is 0.868. The molecule has 294 valence electrons. The molecule has 0 aromatic carbocycles. The second-order valence-corrected chi connectivity index (χ2v) is 18.2. The lowest BCUT2D eigenvalue weighted by molar-refractivity contribution is -0.328. The maximum Gasteiger partial charge on any atom is 0.313 e. The number of aliphatic hydroxyl groups excluding tert-OH is 5. The van der Waals surface area contributed by atoms with E-state index in [0.29, 0.717) is 25.7 Å². The van der Waals surface area contributed by atoms with Gasteiger partial charge in [-0.25, -0.2) is 0 Å². The first-order chi connectivity index (χ1) is 24.0. The molecular formula is C38H58O14. The Morgan fingerprint density at radius 2 is 1.56 bits per heavy atom. The quantitative estimate of drug-likeness (QED) is 0.110. The number of hydrogen-bond acceptors (Lipinski definition) is 12. The van der Waals surface area contributed by atoms with Gasteiger partial charge in [0, 0.05) is 18.8 Å². The van der Waals surface area contributed by atoms with Crippen molar-refractivity contribution >= 4 is 17.9 Å². The minimum Gasteiger partial charge on any atom is -0.481 e. The molecule has 52 heavy (non-hydrogen) atoms. The first kappa shape index (κ1) is 39.5. The number of hydrogen-bond donors (Lipinski definition) is 8. The molecule has 1 heterocycles. The molecule has 0 spiro atoms. The van der Waals surface area contributed by atoms with Gasteiger partial charge < -0.3 is 55.1 Å². The van der Waals surface area contributed by atoms with Crippen molar-refractivity contribution in [2.75, 3.05) is 6.61 Å². The topological polar surface area (TPSA) is 241 Å². The Balaban J connectivity index is 1.38. The number of allylic oxidation sites excluding steroid dienone is 1. The summed E-state index contributed by atoms with van der Waals surface area (Å²) >= 11 is 0. The van der Waals surface area contributed by atoms with Crippen molar-refractivity contribution in [1.82, 2.24) is 0 Å². The number of aliphatic carboxylic acids is 2. The molecule has 5 aliphatic carbocycles. The number of fused-ring (bicyclic) bond motifs is 7. The number of aliphatic hydroxyl groups is 6. The number of carboxylic acid groups (broad SMARTS) is 2. The van der Waals surface area contributed by atoms with E-state index in [4.69, 9.17) is 14.2 Å². The molecule has 1 saturated heterocycles. The lowest BCUT2D eigenvalue weighted by Gasteiger charge is -2.72. The summed E-state index contributed by atoms with van der Waals surface area (Å²) in [6.45, 7) is 11.9. The third kappa shape index (κ3) is 5.14. The SMILES string of the molecule is CC(=O)O[C@H]1[C@@H](O)C[C@@]2(C)[C@@H](CC[C@@]3(C)[C@H]2CC=C2[C@H]4[C@@](C(=O)O)(CC[C@]23C)C[C@H](O[C@H]2O[C@@H](CO)[C@@H](O)[C@@H](O)[C@H]2O)[C@H](C)[C@]4(C)O)[C@]1(C)C(=O)O. The van der Waals surface area contributed by atoms with Crippen LogP contribution in [-0.4, -0.2) is 120 Å². The summed E-state index contributed by atoms with van der Waals surface area (Å²) in [5, 5.41) is 86.9. The van der Waals surface area contributed by atoms with Gasteiger partial charge in [-0.3, -0.25) is 14.4 Å². The van der Waals surface area contributed by atoms with E-state index in [1.807, 2.05) is 6.92 Å². The predicted octanol–water partition coefficient (Wildman–Crippen LogP) is 1.61. The van der Waals surface area contributed by atoms with E-state index in [1.165, 1.54) is 6.92 Å². The highest BCUT2D eigenvalue weighted by atomic mass is 16.7. The summed E-state index contributed by atoms with van der Waals surface area (Å²) in [5.41, 5.74) is -5.61. The first-order valence-corrected chi connectivity index (χ1v) is 18.7. The highest BCUT2D eigenvalue weighted by Gasteiger charge is 2.74. The fourth-order valence-corrected chi connectivity index (χ4v) is 12.9. The molecule has 0 bridgehead atoms. The average molecular weight is 739 g/mol. The predicted molar refractivity (Wildman–Crippen MR) is 181 cm³/mol. The molecule has 4 saturated carbocycles. The van der Waals surface area contributed by atoms with Gasteiger partial charge in [0.1, 0.15) is 35.9 Å². The smallest absolute Gasteiger partial charge is 0.313 e. The van der Waals surface area contributed by atoms with Gasteiger partial charge in [-0.05, 0) is 86.9 Å². The van der Waals surface area contributed by atoms with Crippen molar-refractivity contribution < 1.29 is 69.4 Å². The molecule has 18 atom stereocenters. The van der Waals surface area contributed by atoms with Gasteiger partial charge in [0.25, 0.3) is 0 Å². The summed E-state index contributed by atoms with van der Waals surface area (Å²) in [4.78, 5) is 38.7. The lowest BCUT2D eigenvalue weighted by atomic mass is 9.32. The van der Waals surface area contributed by atoms with Crippen LogP contribution in [0.25, 0.3) is 0 Å². The van der Waals surface area contributed by atoms with Crippen molar-refractivity contribution in [2.24, 2.45) is 50.7 Å². The van der Waals surface area contributed by atoms with Crippen LogP contribution in [0.15, 0.2) is 11.6 Å². The largest absolute Gasteiger partial charge is 0.481 e. The summed E-state index contributed by atoms with van der Waals surface area (Å²) in [6.07, 6.45) is -6.62. The second kappa shape index (κ2) is 12.7. The van der Waals surface area contributed by atoms with Crippen LogP contribution in [-0.2, 0) is 28.6 Å². The van der Waals surface area contributed by atoms with E-state index in [2.05, 4.69) is 19.9 Å². The molecule has 5 fully saturated rings. The Morgan fingerprint density at radius 1 is 0.904 bits per heavy atom. The highest BCUT2D eigenvalue weighted by molar-refractivity contribution is 5.78. The minimum absolute atomic E-state index is 0.0343. The number of esters is 1. The summed E-state index contributed by atoms with van der Waals surface area (Å²) in [5.74, 6) is -4.96. The maximum atomic E-state index is 13.6. The van der Waals surface area contributed by atoms with Crippen LogP contribution in [0.5, 0.6) is 0 Å². The Labute approximate surface area is 304 Å². The third-order valence-electron chi connectivity index (χ3n) is 16.0. The summed E-state index contributed by atoms with van der Waals surface area (Å²) < 4.78 is 17.3. The Morgan fingerprint density at radius 3 is 2.13 bits per heavy atom. The Bertz CT molecular complexity index is 1500. The number of rotatable bonds is 6. The number of carbonyl (C=O) groups is 3. The lowest BCUT2D eigenvalue weighted by Crippen LogP contribution is -2.71. The standard InChI is InChI=1S/C38H58O14/c1-17-21(51-30-27(44)26(43)25(42)22(16-39)52-30)15-38(32(47)48)13-12-34(4)19(28(38)37(17,7)49)8-9-23-33(3)14-20(41)29(50-18(2)40)36(6,31(45)46)24(33)10-11-35(23,34)5/h8,17,20-30,39,41-44,49H,9-16H2,1-7H3,(H,45,46)(H,47,48)/t17-,20-,21-,22-,23-,24+,25+,26+,27+,28+,29-,30-,33+,34+,35-,36-,37-,38+/m0/s1. The number of ether oxygens (including phenoxy) is 3. The van der Waals surface area contributed by atoms with Crippen LogP contribution >= 0.6 is 0 Å². The molecule has 0 amide bonds. The van der Waals surface area contributed by atoms with Crippen molar-refractivity contribution in [2.45, 2.75) is 148 Å². The van der Waals surface area contributed by atoms with Gasteiger partial charge in [0.2, 0.25) is 0 Å². The molecule has 14 heteroatoms. The molecule has 14 nitrogen and oxygen atoms in total. The Hall–Kier alpha value is -2.17. The maximum absolute atomic E-state index is 13.6. The van der Waals surface area contributed by atoms with E-state index in [1.54, 1.807) is 20.8 Å². The van der Waals surface area contributed by atoms with Gasteiger partial charge in [-0.1, -0.05) is 39.3 Å². The third-order valence-corrected chi connectivity index (χ3v) is 16.0. The summed E-state index contributed by atoms with van der Waals surface area (Å²) in [6, 6.07) is 0. The minimum atomic E-state index is -1.69. The molecule has 0 unspecified atom stereocenters. The molecule has 6 rings (SSSR count). The van der Waals surface area contributed by atoms with Crippen LogP contribution in [0.3, 0.4) is 0 Å². The van der Waals surface area contributed by atoms with Crippen molar-refractivity contribution in [3.05, 3.63) is 11.6 Å². The van der Waals surface area contributed by atoms with Crippen LogP contribution < -0.4 is 0 Å². The van der Waals surface area contributed by atoms with E-state index in [0.717, 1.165) is 5.57 Å². The molecule has 8 N–H and O–H groups in total. The average Bonchev–Trinajstić information content (AvgIpc) is 3.05. The zero-order valence-corrected chi connectivity index (χ0v) is 31.2. The van der Waals surface area contributed by atoms with E-state index < -0.39 is 124 Å². The molecule has 6 aliphatic rings. The molecule has 0 aromatic rings. The fourth-order valence-electron chi connectivity index (χ4n) is 12.9. The molecule has 1 aliphatic heterocycles. The highest BCUT2D eigenvalue weighted by Crippen LogP contribution is 2.76. The van der Waals surface area contributed by atoms with E-state index in [-0.39, 0.29) is 25.2 Å². The first-order valence-electron chi connectivity index (χ1n) is 18.7. The molecule has 0 aromatic heterocycles. The number of carboxylic acids is 2. The van der Waals surface area contributed by atoms with Crippen molar-refractivity contribution in [3.63, 3.8) is 0 Å². The number of carbonyl (C=O) groups excluding carboxylic acids is 1. The second-order valence-electron chi connectivity index (χ2n) is 18.2. The monoisotopic (exact) mass is 738 g/mol. The van der Waals surface area contributed by atoms with Gasteiger partial charge in [0.05, 0.1) is 29.8 Å². The van der Waals surface area contributed by atoms with Gasteiger partial charge >= 0.3 is 17.9 Å². The normalized spacial score (nSPS) is 54.4. The van der Waals surface area contributed by atoms with Crippen molar-refractivity contribution in [1.29, 1.82) is 0 Å². The van der Waals surface area contributed by atoms with E-state index >= 15 is 0 Å². The summed E-state index contributed by atoms with van der Waals surface area (Å²) in [7, 11) is 0. The zero-order chi connectivity index (χ0) is 38.7. The van der Waals surface area contributed by atoms with Gasteiger partial charge in [-0.2, -0.15) is 0 Å². The Kier molecular flexibility index (Phi) is 9.64. The van der Waals surface area contributed by atoms with E-state index in [9.17, 15) is 55.2 Å². The van der Waals surface area contributed by atoms with Gasteiger partial charge in [-0.15, -0.1) is 0 Å². The van der Waals surface area contributed by atoms with Crippen LogP contribution in [0.1, 0.15) is 93.4 Å². The van der Waals surface area contributed by atoms with Gasteiger partial charge in [0.15, 0.2) is 6.29 Å².